The molecule has 108 valence electrons. The van der Waals surface area contributed by atoms with Crippen molar-refractivity contribution in [1.29, 1.82) is 0 Å². The summed E-state index contributed by atoms with van der Waals surface area (Å²) in [4.78, 5) is 9.26. The van der Waals surface area contributed by atoms with Crippen molar-refractivity contribution in [2.45, 2.75) is 6.92 Å². The average Bonchev–Trinajstić information content (AvgIpc) is 2.56. The number of benzene rings is 2. The quantitative estimate of drug-likeness (QED) is 0.586. The third kappa shape index (κ3) is 3.31. The molecule has 3 heteroatoms. The molecule has 1 aromatic heterocycles. The van der Waals surface area contributed by atoms with Gasteiger partial charge in [0.2, 0.25) is 0 Å². The molecule has 0 aliphatic rings. The minimum absolute atomic E-state index is 0.742. The molecule has 1 heterocycles. The van der Waals surface area contributed by atoms with Crippen molar-refractivity contribution < 1.29 is 0 Å². The van der Waals surface area contributed by atoms with E-state index in [1.54, 1.807) is 6.20 Å². The molecule has 0 aliphatic carbocycles. The number of halogens is 1. The number of aliphatic imine (C=N–C) groups is 1. The number of nitrogens with zero attached hydrogens (tertiary/aromatic N) is 2. The van der Waals surface area contributed by atoms with Crippen molar-refractivity contribution in [3.8, 4) is 0 Å². The number of hydrogen-bond acceptors (Lipinski definition) is 2. The molecule has 2 nitrogen and oxygen atoms in total. The van der Waals surface area contributed by atoms with Crippen LogP contribution < -0.4 is 0 Å². The Balaban J connectivity index is 2.15. The van der Waals surface area contributed by atoms with Gasteiger partial charge in [-0.15, -0.1) is 0 Å². The van der Waals surface area contributed by atoms with Crippen molar-refractivity contribution >= 4 is 27.5 Å². The molecule has 0 radical (unpaired) electrons. The van der Waals surface area contributed by atoms with E-state index in [2.05, 4.69) is 45.2 Å². The standard InChI is InChI=1S/C19H15BrN2/c1-14-12-17(20)13-21-19(14)22-18(15-8-4-2-5-9-15)16-10-6-3-7-11-16/h2-13H,1H3. The van der Waals surface area contributed by atoms with E-state index < -0.39 is 0 Å². The van der Waals surface area contributed by atoms with Gasteiger partial charge in [0.25, 0.3) is 0 Å². The van der Waals surface area contributed by atoms with Crippen LogP contribution in [0.4, 0.5) is 5.82 Å². The molecule has 0 atom stereocenters. The molecule has 22 heavy (non-hydrogen) atoms. The Morgan fingerprint density at radius 1 is 0.909 bits per heavy atom. The van der Waals surface area contributed by atoms with Crippen LogP contribution in [-0.2, 0) is 0 Å². The third-order valence-electron chi connectivity index (χ3n) is 3.33. The van der Waals surface area contributed by atoms with E-state index in [4.69, 9.17) is 4.99 Å². The lowest BCUT2D eigenvalue weighted by atomic mass is 10.0. The van der Waals surface area contributed by atoms with E-state index in [0.717, 1.165) is 32.7 Å². The highest BCUT2D eigenvalue weighted by Gasteiger charge is 2.08. The fraction of sp³-hybridized carbons (Fsp3) is 0.0526. The van der Waals surface area contributed by atoms with Gasteiger partial charge in [0.15, 0.2) is 5.82 Å². The molecule has 0 saturated carbocycles. The van der Waals surface area contributed by atoms with Gasteiger partial charge in [0, 0.05) is 21.8 Å². The summed E-state index contributed by atoms with van der Waals surface area (Å²) in [7, 11) is 0. The lowest BCUT2D eigenvalue weighted by Gasteiger charge is -2.08. The Morgan fingerprint density at radius 2 is 1.45 bits per heavy atom. The number of rotatable bonds is 3. The Hall–Kier alpha value is -2.26. The largest absolute Gasteiger partial charge is 0.236 e. The summed E-state index contributed by atoms with van der Waals surface area (Å²) < 4.78 is 0.963. The van der Waals surface area contributed by atoms with E-state index in [1.807, 2.05) is 49.4 Å². The highest BCUT2D eigenvalue weighted by atomic mass is 79.9. The first-order valence-corrected chi connectivity index (χ1v) is 7.85. The van der Waals surface area contributed by atoms with E-state index in [0.29, 0.717) is 0 Å². The number of aromatic nitrogens is 1. The highest BCUT2D eigenvalue weighted by Crippen LogP contribution is 2.22. The maximum Gasteiger partial charge on any atom is 0.155 e. The topological polar surface area (TPSA) is 25.2 Å². The maximum absolute atomic E-state index is 4.82. The molecule has 0 N–H and O–H groups in total. The van der Waals surface area contributed by atoms with Gasteiger partial charge in [0.1, 0.15) is 0 Å². The first-order chi connectivity index (χ1) is 10.7. The molecular formula is C19H15BrN2. The fourth-order valence-electron chi connectivity index (χ4n) is 2.24. The smallest absolute Gasteiger partial charge is 0.155 e. The summed E-state index contributed by atoms with van der Waals surface area (Å²) in [5.41, 5.74) is 4.13. The first-order valence-electron chi connectivity index (χ1n) is 7.06. The van der Waals surface area contributed by atoms with E-state index in [9.17, 15) is 0 Å². The van der Waals surface area contributed by atoms with E-state index >= 15 is 0 Å². The SMILES string of the molecule is Cc1cc(Br)cnc1N=C(c1ccccc1)c1ccccc1. The van der Waals surface area contributed by atoms with Gasteiger partial charge in [-0.2, -0.15) is 0 Å². The van der Waals surface area contributed by atoms with Crippen LogP contribution >= 0.6 is 15.9 Å². The summed E-state index contributed by atoms with van der Waals surface area (Å²) in [6.07, 6.45) is 1.78. The van der Waals surface area contributed by atoms with Crippen LogP contribution in [0.1, 0.15) is 16.7 Å². The van der Waals surface area contributed by atoms with Crippen LogP contribution in [0, 0.1) is 6.92 Å². The van der Waals surface area contributed by atoms with Crippen LogP contribution in [0.3, 0.4) is 0 Å². The summed E-state index contributed by atoms with van der Waals surface area (Å²) in [6.45, 7) is 2.02. The van der Waals surface area contributed by atoms with Gasteiger partial charge >= 0.3 is 0 Å². The monoisotopic (exact) mass is 350 g/mol. The normalized spacial score (nSPS) is 10.3. The van der Waals surface area contributed by atoms with Gasteiger partial charge in [-0.3, -0.25) is 0 Å². The second kappa shape index (κ2) is 6.67. The van der Waals surface area contributed by atoms with Gasteiger partial charge in [-0.25, -0.2) is 9.98 Å². The number of pyridine rings is 1. The summed E-state index contributed by atoms with van der Waals surface area (Å²) in [5.74, 6) is 0.742. The van der Waals surface area contributed by atoms with Gasteiger partial charge < -0.3 is 0 Å². The molecule has 0 bridgehead atoms. The van der Waals surface area contributed by atoms with Crippen LogP contribution in [0.5, 0.6) is 0 Å². The minimum atomic E-state index is 0.742. The maximum atomic E-state index is 4.82. The molecule has 0 fully saturated rings. The average molecular weight is 351 g/mol. The number of aryl methyl sites for hydroxylation is 1. The third-order valence-corrected chi connectivity index (χ3v) is 3.76. The molecule has 0 spiro atoms. The van der Waals surface area contributed by atoms with Crippen molar-refractivity contribution in [3.63, 3.8) is 0 Å². The molecule has 0 saturated heterocycles. The molecule has 0 amide bonds. The van der Waals surface area contributed by atoms with Crippen LogP contribution in [0.2, 0.25) is 0 Å². The predicted octanol–water partition coefficient (Wildman–Crippen LogP) is 5.32. The van der Waals surface area contributed by atoms with Gasteiger partial charge in [0.05, 0.1) is 5.71 Å². The van der Waals surface area contributed by atoms with E-state index in [-0.39, 0.29) is 0 Å². The van der Waals surface area contributed by atoms with Crippen LogP contribution in [-0.4, -0.2) is 10.7 Å². The zero-order chi connectivity index (χ0) is 15.4. The second-order valence-corrected chi connectivity index (χ2v) is 5.90. The summed E-state index contributed by atoms with van der Waals surface area (Å²) in [5, 5.41) is 0. The molecular weight excluding hydrogens is 336 g/mol. The minimum Gasteiger partial charge on any atom is -0.236 e. The second-order valence-electron chi connectivity index (χ2n) is 4.99. The Morgan fingerprint density at radius 3 is 1.95 bits per heavy atom. The number of hydrogen-bond donors (Lipinski definition) is 0. The molecule has 3 rings (SSSR count). The zero-order valence-corrected chi connectivity index (χ0v) is 13.8. The molecule has 0 unspecified atom stereocenters. The first kappa shape index (κ1) is 14.7. The van der Waals surface area contributed by atoms with Crippen molar-refractivity contribution in [1.82, 2.24) is 4.98 Å². The van der Waals surface area contributed by atoms with Gasteiger partial charge in [-0.05, 0) is 34.5 Å². The van der Waals surface area contributed by atoms with Gasteiger partial charge in [-0.1, -0.05) is 60.7 Å². The molecule has 2 aromatic carbocycles. The Kier molecular flexibility index (Phi) is 4.45. The van der Waals surface area contributed by atoms with Crippen molar-refractivity contribution in [2.24, 2.45) is 4.99 Å². The predicted molar refractivity (Wildman–Crippen MR) is 94.9 cm³/mol. The van der Waals surface area contributed by atoms with E-state index in [1.165, 1.54) is 0 Å². The fourth-order valence-corrected chi connectivity index (χ4v) is 2.69. The van der Waals surface area contributed by atoms with Crippen molar-refractivity contribution in [3.05, 3.63) is 94.1 Å². The molecule has 3 aromatic rings. The summed E-state index contributed by atoms with van der Waals surface area (Å²) in [6, 6.07) is 22.4. The Bertz CT molecular complexity index is 755. The lowest BCUT2D eigenvalue weighted by Crippen LogP contribution is -2.03. The van der Waals surface area contributed by atoms with Crippen LogP contribution in [0.25, 0.3) is 0 Å². The zero-order valence-electron chi connectivity index (χ0n) is 12.2. The lowest BCUT2D eigenvalue weighted by molar-refractivity contribution is 1.21. The van der Waals surface area contributed by atoms with Crippen LogP contribution in [0.15, 0.2) is 82.4 Å². The summed E-state index contributed by atoms with van der Waals surface area (Å²) >= 11 is 3.44. The highest BCUT2D eigenvalue weighted by molar-refractivity contribution is 9.10. The molecule has 0 aliphatic heterocycles. The van der Waals surface area contributed by atoms with Crippen molar-refractivity contribution in [2.75, 3.05) is 0 Å². The Labute approximate surface area is 138 Å².